The highest BCUT2D eigenvalue weighted by molar-refractivity contribution is 6.01. The minimum absolute atomic E-state index is 0.0213. The number of esters is 1. The van der Waals surface area contributed by atoms with E-state index in [-0.39, 0.29) is 17.5 Å². The molecule has 1 aliphatic rings. The van der Waals surface area contributed by atoms with Gasteiger partial charge in [-0.15, -0.1) is 0 Å². The molecule has 0 unspecified atom stereocenters. The molecule has 0 spiro atoms. The van der Waals surface area contributed by atoms with Crippen molar-refractivity contribution in [1.82, 2.24) is 0 Å². The summed E-state index contributed by atoms with van der Waals surface area (Å²) < 4.78 is 15.8. The topological polar surface area (TPSA) is 65.1 Å². The molecule has 1 aliphatic heterocycles. The van der Waals surface area contributed by atoms with Crippen LogP contribution in [0.15, 0.2) is 42.5 Å². The third-order valence-electron chi connectivity index (χ3n) is 4.66. The summed E-state index contributed by atoms with van der Waals surface area (Å²) in [4.78, 5) is 27.2. The van der Waals surface area contributed by atoms with Gasteiger partial charge in [0.15, 0.2) is 6.10 Å². The zero-order valence-corrected chi connectivity index (χ0v) is 15.9. The average Bonchev–Trinajstić information content (AvgIpc) is 3.02. The Bertz CT molecular complexity index is 841. The number of ether oxygens (including phenoxy) is 3. The molecule has 2 aromatic carbocycles. The maximum absolute atomic E-state index is 12.9. The Morgan fingerprint density at radius 1 is 1.07 bits per heavy atom. The first kappa shape index (κ1) is 18.8. The largest absolute Gasteiger partial charge is 0.497 e. The summed E-state index contributed by atoms with van der Waals surface area (Å²) in [5.74, 6) is 0.105. The third kappa shape index (κ3) is 3.74. The van der Waals surface area contributed by atoms with Gasteiger partial charge in [-0.2, -0.15) is 0 Å². The molecule has 0 aliphatic carbocycles. The average molecular weight is 369 g/mol. The van der Waals surface area contributed by atoms with Crippen LogP contribution in [0.25, 0.3) is 0 Å². The number of nitrogens with zero attached hydrogens (tertiary/aromatic N) is 1. The number of methoxy groups -OCH3 is 2. The third-order valence-corrected chi connectivity index (χ3v) is 4.66. The van der Waals surface area contributed by atoms with E-state index in [1.807, 2.05) is 31.2 Å². The maximum atomic E-state index is 12.9. The minimum Gasteiger partial charge on any atom is -0.497 e. The molecule has 142 valence electrons. The van der Waals surface area contributed by atoms with Crippen LogP contribution < -0.4 is 14.4 Å². The van der Waals surface area contributed by atoms with Crippen LogP contribution in [0.1, 0.15) is 29.8 Å². The monoisotopic (exact) mass is 369 g/mol. The van der Waals surface area contributed by atoms with Crippen LogP contribution in [0.4, 0.5) is 5.69 Å². The van der Waals surface area contributed by atoms with Crippen LogP contribution in [-0.4, -0.2) is 38.2 Å². The molecule has 0 fully saturated rings. The number of para-hydroxylation sites is 1. The fourth-order valence-electron chi connectivity index (χ4n) is 3.30. The summed E-state index contributed by atoms with van der Waals surface area (Å²) >= 11 is 0. The van der Waals surface area contributed by atoms with Gasteiger partial charge in [0.05, 0.1) is 19.8 Å². The van der Waals surface area contributed by atoms with Crippen molar-refractivity contribution in [2.45, 2.75) is 32.4 Å². The van der Waals surface area contributed by atoms with Crippen LogP contribution >= 0.6 is 0 Å². The highest BCUT2D eigenvalue weighted by Crippen LogP contribution is 2.32. The van der Waals surface area contributed by atoms with Gasteiger partial charge in [-0.25, -0.2) is 4.79 Å². The summed E-state index contributed by atoms with van der Waals surface area (Å²) in [6.07, 6.45) is -0.126. The van der Waals surface area contributed by atoms with E-state index in [0.29, 0.717) is 11.5 Å². The lowest BCUT2D eigenvalue weighted by Crippen LogP contribution is -2.43. The van der Waals surface area contributed by atoms with Crippen molar-refractivity contribution in [1.29, 1.82) is 0 Å². The molecule has 1 heterocycles. The van der Waals surface area contributed by atoms with E-state index >= 15 is 0 Å². The highest BCUT2D eigenvalue weighted by Gasteiger charge is 2.34. The molecule has 6 heteroatoms. The number of hydrogen-bond donors (Lipinski definition) is 0. The van der Waals surface area contributed by atoms with Crippen molar-refractivity contribution in [2.24, 2.45) is 0 Å². The SMILES string of the molecule is COc1cc(OC)cc(C(=O)O[C@@H](C)C(=O)N2c3ccccc3C[C@@H]2C)c1. The van der Waals surface area contributed by atoms with Gasteiger partial charge in [0.1, 0.15) is 11.5 Å². The van der Waals surface area contributed by atoms with Crippen LogP contribution in [0.2, 0.25) is 0 Å². The van der Waals surface area contributed by atoms with Crippen molar-refractivity contribution in [3.05, 3.63) is 53.6 Å². The second-order valence-electron chi connectivity index (χ2n) is 6.54. The Hall–Kier alpha value is -3.02. The molecule has 1 amide bonds. The predicted molar refractivity (Wildman–Crippen MR) is 102 cm³/mol. The zero-order valence-electron chi connectivity index (χ0n) is 15.9. The van der Waals surface area contributed by atoms with Crippen LogP contribution in [-0.2, 0) is 16.0 Å². The first-order chi connectivity index (χ1) is 12.9. The van der Waals surface area contributed by atoms with Crippen LogP contribution in [0.5, 0.6) is 11.5 Å². The number of anilines is 1. The number of fused-ring (bicyclic) bond motifs is 1. The molecule has 3 rings (SSSR count). The number of benzene rings is 2. The van der Waals surface area contributed by atoms with E-state index in [0.717, 1.165) is 17.7 Å². The molecule has 2 atom stereocenters. The fraction of sp³-hybridized carbons (Fsp3) is 0.333. The van der Waals surface area contributed by atoms with Gasteiger partial charge in [-0.1, -0.05) is 18.2 Å². The molecule has 0 bridgehead atoms. The van der Waals surface area contributed by atoms with E-state index in [9.17, 15) is 9.59 Å². The van der Waals surface area contributed by atoms with Gasteiger partial charge in [0.25, 0.3) is 5.91 Å². The molecular formula is C21H23NO5. The standard InChI is InChI=1S/C21H23NO5/c1-13-9-15-7-5-6-8-19(15)22(13)20(23)14(2)27-21(24)16-10-17(25-3)12-18(11-16)26-4/h5-8,10-14H,9H2,1-4H3/t13-,14-/m0/s1. The van der Waals surface area contributed by atoms with Crippen molar-refractivity contribution in [2.75, 3.05) is 19.1 Å². The van der Waals surface area contributed by atoms with E-state index in [1.165, 1.54) is 14.2 Å². The van der Waals surface area contributed by atoms with Crippen LogP contribution in [0.3, 0.4) is 0 Å². The summed E-state index contributed by atoms with van der Waals surface area (Å²) in [7, 11) is 3.00. The van der Waals surface area contributed by atoms with E-state index in [1.54, 1.807) is 30.0 Å². The summed E-state index contributed by atoms with van der Waals surface area (Å²) in [6, 6.07) is 12.6. The van der Waals surface area contributed by atoms with Gasteiger partial charge in [-0.3, -0.25) is 4.79 Å². The van der Waals surface area contributed by atoms with Gasteiger partial charge >= 0.3 is 5.97 Å². The van der Waals surface area contributed by atoms with Crippen molar-refractivity contribution in [3.63, 3.8) is 0 Å². The minimum atomic E-state index is -0.914. The van der Waals surface area contributed by atoms with E-state index in [4.69, 9.17) is 14.2 Å². The molecule has 0 aromatic heterocycles. The molecule has 0 saturated carbocycles. The van der Waals surface area contributed by atoms with Crippen molar-refractivity contribution >= 4 is 17.6 Å². The maximum Gasteiger partial charge on any atom is 0.339 e. The second-order valence-corrected chi connectivity index (χ2v) is 6.54. The zero-order chi connectivity index (χ0) is 19.6. The lowest BCUT2D eigenvalue weighted by atomic mass is 10.1. The second kappa shape index (κ2) is 7.70. The molecular weight excluding hydrogens is 346 g/mol. The van der Waals surface area contributed by atoms with E-state index in [2.05, 4.69) is 0 Å². The normalized spacial score (nSPS) is 16.4. The Morgan fingerprint density at radius 2 is 1.70 bits per heavy atom. The number of hydrogen-bond acceptors (Lipinski definition) is 5. The van der Waals surface area contributed by atoms with Crippen LogP contribution in [0, 0.1) is 0 Å². The Kier molecular flexibility index (Phi) is 5.35. The molecule has 6 nitrogen and oxygen atoms in total. The molecule has 27 heavy (non-hydrogen) atoms. The van der Waals surface area contributed by atoms with E-state index < -0.39 is 12.1 Å². The van der Waals surface area contributed by atoms with Gasteiger partial charge in [0, 0.05) is 17.8 Å². The number of amides is 1. The lowest BCUT2D eigenvalue weighted by Gasteiger charge is -2.26. The Labute approximate surface area is 158 Å². The number of rotatable bonds is 5. The molecule has 0 N–H and O–H groups in total. The molecule has 2 aromatic rings. The molecule has 0 saturated heterocycles. The number of carbonyl (C=O) groups is 2. The smallest absolute Gasteiger partial charge is 0.339 e. The quantitative estimate of drug-likeness (QED) is 0.757. The number of carbonyl (C=O) groups excluding carboxylic acids is 2. The lowest BCUT2D eigenvalue weighted by molar-refractivity contribution is -0.126. The van der Waals surface area contributed by atoms with Gasteiger partial charge < -0.3 is 19.1 Å². The first-order valence-electron chi connectivity index (χ1n) is 8.79. The summed E-state index contributed by atoms with van der Waals surface area (Å²) in [5, 5.41) is 0. The van der Waals surface area contributed by atoms with Gasteiger partial charge in [0.2, 0.25) is 0 Å². The molecule has 0 radical (unpaired) electrons. The summed E-state index contributed by atoms with van der Waals surface area (Å²) in [6.45, 7) is 3.57. The van der Waals surface area contributed by atoms with Crippen molar-refractivity contribution < 1.29 is 23.8 Å². The fourth-order valence-corrected chi connectivity index (χ4v) is 3.30. The highest BCUT2D eigenvalue weighted by atomic mass is 16.5. The Balaban J connectivity index is 1.76. The first-order valence-corrected chi connectivity index (χ1v) is 8.79. The van der Waals surface area contributed by atoms with Crippen molar-refractivity contribution in [3.8, 4) is 11.5 Å². The van der Waals surface area contributed by atoms with Gasteiger partial charge in [-0.05, 0) is 44.0 Å². The predicted octanol–water partition coefficient (Wildman–Crippen LogP) is 3.23. The summed E-state index contributed by atoms with van der Waals surface area (Å²) in [5.41, 5.74) is 2.26. The Morgan fingerprint density at radius 3 is 2.33 bits per heavy atom.